The summed E-state index contributed by atoms with van der Waals surface area (Å²) < 4.78 is 10.6. The predicted octanol–water partition coefficient (Wildman–Crippen LogP) is 5.29. The third-order valence-electron chi connectivity index (χ3n) is 6.47. The van der Waals surface area contributed by atoms with Crippen molar-refractivity contribution < 1.29 is 19.1 Å². The van der Waals surface area contributed by atoms with E-state index in [1.807, 2.05) is 49.9 Å². The van der Waals surface area contributed by atoms with Gasteiger partial charge in [-0.15, -0.1) is 0 Å². The lowest BCUT2D eigenvalue weighted by atomic mass is 9.86. The zero-order valence-corrected chi connectivity index (χ0v) is 23.5. The summed E-state index contributed by atoms with van der Waals surface area (Å²) in [5.74, 6) is 0.947. The summed E-state index contributed by atoms with van der Waals surface area (Å²) in [6.07, 6.45) is 0.928. The highest BCUT2D eigenvalue weighted by Gasteiger charge is 2.38. The number of carbonyl (C=O) groups excluding carboxylic acids is 2. The fourth-order valence-electron chi connectivity index (χ4n) is 4.51. The SMILES string of the molecule is COc1ccc(CCN2C(=O)CN(CCCNC(=O)OC(C)(C)C)C2c2ccc(C(C)(C)C)cc2)cc1. The van der Waals surface area contributed by atoms with E-state index in [2.05, 4.69) is 55.3 Å². The zero-order valence-electron chi connectivity index (χ0n) is 23.5. The van der Waals surface area contributed by atoms with Crippen LogP contribution in [-0.2, 0) is 21.4 Å². The first-order chi connectivity index (χ1) is 17.4. The van der Waals surface area contributed by atoms with Crippen LogP contribution in [0, 0.1) is 0 Å². The second-order valence-electron chi connectivity index (χ2n) is 11.7. The molecule has 0 bridgehead atoms. The molecule has 1 aliphatic rings. The maximum absolute atomic E-state index is 13.2. The number of rotatable bonds is 9. The number of methoxy groups -OCH3 is 1. The molecule has 1 heterocycles. The topological polar surface area (TPSA) is 71.1 Å². The molecule has 1 unspecified atom stereocenters. The second kappa shape index (κ2) is 12.0. The first-order valence-corrected chi connectivity index (χ1v) is 13.1. The van der Waals surface area contributed by atoms with Crippen molar-refractivity contribution in [2.75, 3.05) is 33.3 Å². The van der Waals surface area contributed by atoms with Gasteiger partial charge < -0.3 is 19.7 Å². The van der Waals surface area contributed by atoms with Crippen molar-refractivity contribution in [1.82, 2.24) is 15.1 Å². The Hall–Kier alpha value is -3.06. The molecule has 0 aromatic heterocycles. The van der Waals surface area contributed by atoms with E-state index < -0.39 is 11.7 Å². The lowest BCUT2D eigenvalue weighted by Crippen LogP contribution is -2.36. The highest BCUT2D eigenvalue weighted by molar-refractivity contribution is 5.81. The van der Waals surface area contributed by atoms with E-state index >= 15 is 0 Å². The van der Waals surface area contributed by atoms with Gasteiger partial charge in [-0.25, -0.2) is 4.79 Å². The molecule has 2 amide bonds. The number of benzene rings is 2. The fraction of sp³-hybridized carbons (Fsp3) is 0.533. The fourth-order valence-corrected chi connectivity index (χ4v) is 4.51. The van der Waals surface area contributed by atoms with Crippen LogP contribution in [0.3, 0.4) is 0 Å². The van der Waals surface area contributed by atoms with Crippen LogP contribution >= 0.6 is 0 Å². The number of hydrogen-bond acceptors (Lipinski definition) is 5. The predicted molar refractivity (Wildman–Crippen MR) is 147 cm³/mol. The molecular weight excluding hydrogens is 466 g/mol. The van der Waals surface area contributed by atoms with Crippen molar-refractivity contribution in [2.24, 2.45) is 0 Å². The molecule has 202 valence electrons. The van der Waals surface area contributed by atoms with Gasteiger partial charge in [-0.1, -0.05) is 57.2 Å². The number of carbonyl (C=O) groups is 2. The Balaban J connectivity index is 1.71. The molecule has 0 saturated carbocycles. The van der Waals surface area contributed by atoms with Gasteiger partial charge in [0.1, 0.15) is 17.5 Å². The summed E-state index contributed by atoms with van der Waals surface area (Å²) in [7, 11) is 1.66. The van der Waals surface area contributed by atoms with Crippen LogP contribution in [0.1, 0.15) is 70.8 Å². The summed E-state index contributed by atoms with van der Waals surface area (Å²) in [5, 5.41) is 2.82. The minimum Gasteiger partial charge on any atom is -0.497 e. The van der Waals surface area contributed by atoms with Crippen molar-refractivity contribution in [3.8, 4) is 5.75 Å². The van der Waals surface area contributed by atoms with E-state index in [9.17, 15) is 9.59 Å². The highest BCUT2D eigenvalue weighted by Crippen LogP contribution is 2.33. The second-order valence-corrected chi connectivity index (χ2v) is 11.7. The molecule has 1 aliphatic heterocycles. The normalized spacial score (nSPS) is 16.7. The Kier molecular flexibility index (Phi) is 9.24. The van der Waals surface area contributed by atoms with Gasteiger partial charge in [-0.05, 0) is 67.9 Å². The van der Waals surface area contributed by atoms with E-state index in [0.29, 0.717) is 26.2 Å². The molecular formula is C30H43N3O4. The van der Waals surface area contributed by atoms with Crippen LogP contribution in [0.15, 0.2) is 48.5 Å². The molecule has 1 atom stereocenters. The Bertz CT molecular complexity index is 1040. The van der Waals surface area contributed by atoms with E-state index in [1.54, 1.807) is 7.11 Å². The van der Waals surface area contributed by atoms with Gasteiger partial charge in [0.15, 0.2) is 0 Å². The smallest absolute Gasteiger partial charge is 0.407 e. The molecule has 1 N–H and O–H groups in total. The maximum atomic E-state index is 13.2. The molecule has 2 aromatic carbocycles. The molecule has 3 rings (SSSR count). The Morgan fingerprint density at radius 2 is 1.62 bits per heavy atom. The van der Waals surface area contributed by atoms with Crippen LogP contribution < -0.4 is 10.1 Å². The molecule has 7 nitrogen and oxygen atoms in total. The van der Waals surface area contributed by atoms with Crippen LogP contribution in [0.2, 0.25) is 0 Å². The van der Waals surface area contributed by atoms with E-state index in [0.717, 1.165) is 29.7 Å². The summed E-state index contributed by atoms with van der Waals surface area (Å²) >= 11 is 0. The minimum absolute atomic E-state index is 0.0606. The van der Waals surface area contributed by atoms with Gasteiger partial charge in [0.05, 0.1) is 13.7 Å². The van der Waals surface area contributed by atoms with Crippen molar-refractivity contribution in [1.29, 1.82) is 0 Å². The summed E-state index contributed by atoms with van der Waals surface area (Å²) in [5.41, 5.74) is 3.06. The van der Waals surface area contributed by atoms with Crippen molar-refractivity contribution >= 4 is 12.0 Å². The van der Waals surface area contributed by atoms with E-state index in [-0.39, 0.29) is 17.5 Å². The van der Waals surface area contributed by atoms with Gasteiger partial charge >= 0.3 is 6.09 Å². The van der Waals surface area contributed by atoms with Gasteiger partial charge in [-0.3, -0.25) is 9.69 Å². The number of ether oxygens (including phenoxy) is 2. The third-order valence-corrected chi connectivity index (χ3v) is 6.47. The number of nitrogens with zero attached hydrogens (tertiary/aromatic N) is 2. The van der Waals surface area contributed by atoms with Crippen LogP contribution in [-0.4, -0.2) is 60.7 Å². The van der Waals surface area contributed by atoms with E-state index in [1.165, 1.54) is 5.56 Å². The molecule has 0 radical (unpaired) electrons. The van der Waals surface area contributed by atoms with Gasteiger partial charge in [0, 0.05) is 19.6 Å². The Morgan fingerprint density at radius 1 is 0.973 bits per heavy atom. The number of alkyl carbamates (subject to hydrolysis) is 1. The molecule has 1 saturated heterocycles. The summed E-state index contributed by atoms with van der Waals surface area (Å²) in [6.45, 7) is 14.3. The highest BCUT2D eigenvalue weighted by atomic mass is 16.6. The molecule has 0 aliphatic carbocycles. The molecule has 1 fully saturated rings. The number of hydrogen-bond donors (Lipinski definition) is 1. The first-order valence-electron chi connectivity index (χ1n) is 13.1. The molecule has 0 spiro atoms. The van der Waals surface area contributed by atoms with Gasteiger partial charge in [0.2, 0.25) is 5.91 Å². The van der Waals surface area contributed by atoms with Crippen LogP contribution in [0.5, 0.6) is 5.75 Å². The summed E-state index contributed by atoms with van der Waals surface area (Å²) in [6, 6.07) is 16.6. The van der Waals surface area contributed by atoms with Crippen LogP contribution in [0.4, 0.5) is 4.79 Å². The van der Waals surface area contributed by atoms with Gasteiger partial charge in [0.25, 0.3) is 0 Å². The Labute approximate surface area is 222 Å². The maximum Gasteiger partial charge on any atom is 0.407 e. The number of amides is 2. The monoisotopic (exact) mass is 509 g/mol. The van der Waals surface area contributed by atoms with Crippen molar-refractivity contribution in [3.05, 3.63) is 65.2 Å². The zero-order chi connectivity index (χ0) is 27.2. The standard InChI is InChI=1S/C30H43N3O4/c1-29(2,3)24-13-11-23(12-14-24)27-32(19-8-18-31-28(35)37-30(4,5)6)21-26(34)33(27)20-17-22-9-15-25(36-7)16-10-22/h9-16,27H,8,17-21H2,1-7H3,(H,31,35). The van der Waals surface area contributed by atoms with Crippen LogP contribution in [0.25, 0.3) is 0 Å². The number of nitrogens with one attached hydrogen (secondary N) is 1. The first kappa shape index (κ1) is 28.5. The molecule has 7 heteroatoms. The van der Waals surface area contributed by atoms with Gasteiger partial charge in [-0.2, -0.15) is 0 Å². The third kappa shape index (κ3) is 8.22. The molecule has 37 heavy (non-hydrogen) atoms. The lowest BCUT2D eigenvalue weighted by Gasteiger charge is -2.31. The quantitative estimate of drug-likeness (QED) is 0.465. The van der Waals surface area contributed by atoms with E-state index in [4.69, 9.17) is 9.47 Å². The minimum atomic E-state index is -0.528. The molecule has 2 aromatic rings. The average molecular weight is 510 g/mol. The van der Waals surface area contributed by atoms with Crippen molar-refractivity contribution in [3.63, 3.8) is 0 Å². The largest absolute Gasteiger partial charge is 0.497 e. The Morgan fingerprint density at radius 3 is 2.19 bits per heavy atom. The van der Waals surface area contributed by atoms with Crippen molar-refractivity contribution in [2.45, 2.75) is 71.6 Å². The lowest BCUT2D eigenvalue weighted by molar-refractivity contribution is -0.128. The average Bonchev–Trinajstić information content (AvgIpc) is 3.14. The summed E-state index contributed by atoms with van der Waals surface area (Å²) in [4.78, 5) is 29.4.